The van der Waals surface area contributed by atoms with Gasteiger partial charge in [0.2, 0.25) is 5.91 Å². The van der Waals surface area contributed by atoms with Crippen molar-refractivity contribution in [1.82, 2.24) is 9.97 Å². The van der Waals surface area contributed by atoms with Gasteiger partial charge in [0.25, 0.3) is 0 Å². The number of amides is 1. The van der Waals surface area contributed by atoms with E-state index in [-0.39, 0.29) is 5.91 Å². The van der Waals surface area contributed by atoms with Gasteiger partial charge in [0.15, 0.2) is 6.29 Å². The molecule has 2 heterocycles. The zero-order valence-electron chi connectivity index (χ0n) is 14.2. The first kappa shape index (κ1) is 16.4. The number of nitrogens with zero attached hydrogens (tertiary/aromatic N) is 3. The SMILES string of the molecule is N#Cc1cnc(NC(=O)C2(c3cccc(C=O)n3)CC2)cc1CC1CC1. The Bertz CT molecular complexity index is 924. The molecule has 2 aromatic heterocycles. The molecule has 130 valence electrons. The van der Waals surface area contributed by atoms with Crippen LogP contribution in [-0.4, -0.2) is 22.2 Å². The highest BCUT2D eigenvalue weighted by atomic mass is 16.2. The highest BCUT2D eigenvalue weighted by Crippen LogP contribution is 2.48. The molecule has 0 spiro atoms. The number of pyridine rings is 2. The topological polar surface area (TPSA) is 95.7 Å². The largest absolute Gasteiger partial charge is 0.310 e. The van der Waals surface area contributed by atoms with Crippen molar-refractivity contribution in [3.05, 3.63) is 53.0 Å². The third-order valence-corrected chi connectivity index (χ3v) is 5.12. The zero-order chi connectivity index (χ0) is 18.1. The van der Waals surface area contributed by atoms with Gasteiger partial charge in [0.05, 0.1) is 16.7 Å². The lowest BCUT2D eigenvalue weighted by Gasteiger charge is -2.15. The van der Waals surface area contributed by atoms with Gasteiger partial charge in [0.1, 0.15) is 17.6 Å². The molecule has 0 bridgehead atoms. The fourth-order valence-electron chi connectivity index (χ4n) is 3.21. The average Bonchev–Trinajstić information content (AvgIpc) is 3.57. The van der Waals surface area contributed by atoms with Crippen molar-refractivity contribution in [3.63, 3.8) is 0 Å². The molecule has 0 atom stereocenters. The quantitative estimate of drug-likeness (QED) is 0.811. The van der Waals surface area contributed by atoms with Crippen LogP contribution in [0.1, 0.15) is 53.0 Å². The minimum Gasteiger partial charge on any atom is -0.310 e. The molecule has 1 N–H and O–H groups in total. The molecule has 6 nitrogen and oxygen atoms in total. The minimum atomic E-state index is -0.689. The molecule has 2 aliphatic rings. The lowest BCUT2D eigenvalue weighted by atomic mass is 10.00. The molecular formula is C20H18N4O2. The van der Waals surface area contributed by atoms with Crippen LogP contribution in [0.25, 0.3) is 0 Å². The van der Waals surface area contributed by atoms with Crippen molar-refractivity contribution in [2.45, 2.75) is 37.5 Å². The van der Waals surface area contributed by atoms with Crippen LogP contribution in [0.2, 0.25) is 0 Å². The van der Waals surface area contributed by atoms with Crippen molar-refractivity contribution in [2.24, 2.45) is 5.92 Å². The van der Waals surface area contributed by atoms with Gasteiger partial charge in [-0.25, -0.2) is 9.97 Å². The van der Waals surface area contributed by atoms with E-state index in [0.29, 0.717) is 47.8 Å². The van der Waals surface area contributed by atoms with Crippen molar-refractivity contribution in [1.29, 1.82) is 5.26 Å². The van der Waals surface area contributed by atoms with Crippen LogP contribution in [0, 0.1) is 17.2 Å². The number of carbonyl (C=O) groups excluding carboxylic acids is 2. The van der Waals surface area contributed by atoms with E-state index in [1.54, 1.807) is 24.3 Å². The second kappa shape index (κ2) is 6.34. The number of aldehydes is 1. The number of anilines is 1. The Labute approximate surface area is 151 Å². The third kappa shape index (κ3) is 3.08. The summed E-state index contributed by atoms with van der Waals surface area (Å²) in [5.74, 6) is 0.934. The molecule has 6 heteroatoms. The summed E-state index contributed by atoms with van der Waals surface area (Å²) in [5, 5.41) is 12.1. The van der Waals surface area contributed by atoms with Crippen molar-refractivity contribution < 1.29 is 9.59 Å². The molecule has 26 heavy (non-hydrogen) atoms. The lowest BCUT2D eigenvalue weighted by molar-refractivity contribution is -0.118. The molecule has 0 unspecified atom stereocenters. The van der Waals surface area contributed by atoms with Gasteiger partial charge in [-0.1, -0.05) is 6.07 Å². The second-order valence-electron chi connectivity index (χ2n) is 7.09. The minimum absolute atomic E-state index is 0.164. The molecular weight excluding hydrogens is 328 g/mol. The van der Waals surface area contributed by atoms with Crippen molar-refractivity contribution in [3.8, 4) is 6.07 Å². The first-order valence-electron chi connectivity index (χ1n) is 8.78. The molecule has 4 rings (SSSR count). The lowest BCUT2D eigenvalue weighted by Crippen LogP contribution is -2.29. The molecule has 0 saturated heterocycles. The summed E-state index contributed by atoms with van der Waals surface area (Å²) in [6.07, 6.45) is 6.83. The van der Waals surface area contributed by atoms with Crippen LogP contribution in [0.15, 0.2) is 30.5 Å². The van der Waals surface area contributed by atoms with Crippen LogP contribution in [0.5, 0.6) is 0 Å². The number of nitrogens with one attached hydrogen (secondary N) is 1. The van der Waals surface area contributed by atoms with Gasteiger partial charge < -0.3 is 5.32 Å². The maximum absolute atomic E-state index is 12.9. The zero-order valence-corrected chi connectivity index (χ0v) is 14.2. The highest BCUT2D eigenvalue weighted by molar-refractivity contribution is 6.00. The number of carbonyl (C=O) groups is 2. The Hall–Kier alpha value is -3.07. The maximum atomic E-state index is 12.9. The molecule has 2 fully saturated rings. The van der Waals surface area contributed by atoms with Crippen LogP contribution >= 0.6 is 0 Å². The molecule has 2 saturated carbocycles. The van der Waals surface area contributed by atoms with Crippen LogP contribution in [0.3, 0.4) is 0 Å². The summed E-state index contributed by atoms with van der Waals surface area (Å²) < 4.78 is 0. The summed E-state index contributed by atoms with van der Waals surface area (Å²) in [7, 11) is 0. The van der Waals surface area contributed by atoms with Gasteiger partial charge in [-0.3, -0.25) is 9.59 Å². The monoisotopic (exact) mass is 346 g/mol. The number of aromatic nitrogens is 2. The fourth-order valence-corrected chi connectivity index (χ4v) is 3.21. The highest BCUT2D eigenvalue weighted by Gasteiger charge is 2.52. The molecule has 1 amide bonds. The van der Waals surface area contributed by atoms with E-state index in [4.69, 9.17) is 0 Å². The first-order chi connectivity index (χ1) is 12.6. The van der Waals surface area contributed by atoms with Crippen molar-refractivity contribution in [2.75, 3.05) is 5.32 Å². The van der Waals surface area contributed by atoms with E-state index < -0.39 is 5.41 Å². The second-order valence-corrected chi connectivity index (χ2v) is 7.09. The Morgan fingerprint density at radius 3 is 2.85 bits per heavy atom. The van der Waals surface area contributed by atoms with Gasteiger partial charge in [-0.2, -0.15) is 5.26 Å². The summed E-state index contributed by atoms with van der Waals surface area (Å²) in [6.45, 7) is 0. The Balaban J connectivity index is 1.56. The van der Waals surface area contributed by atoms with E-state index >= 15 is 0 Å². The Morgan fingerprint density at radius 1 is 1.38 bits per heavy atom. The summed E-state index contributed by atoms with van der Waals surface area (Å²) in [5.41, 5.74) is 1.75. The van der Waals surface area contributed by atoms with E-state index in [0.717, 1.165) is 12.0 Å². The normalized spacial score (nSPS) is 17.2. The van der Waals surface area contributed by atoms with Gasteiger partial charge in [-0.15, -0.1) is 0 Å². The van der Waals surface area contributed by atoms with Crippen LogP contribution in [-0.2, 0) is 16.6 Å². The average molecular weight is 346 g/mol. The third-order valence-electron chi connectivity index (χ3n) is 5.12. The van der Waals surface area contributed by atoms with Crippen LogP contribution in [0.4, 0.5) is 5.82 Å². The van der Waals surface area contributed by atoms with Gasteiger partial charge in [-0.05, 0) is 61.8 Å². The number of rotatable bonds is 6. The van der Waals surface area contributed by atoms with E-state index in [1.807, 2.05) is 0 Å². The smallest absolute Gasteiger partial charge is 0.237 e. The summed E-state index contributed by atoms with van der Waals surface area (Å²) in [4.78, 5) is 32.3. The van der Waals surface area contributed by atoms with E-state index in [2.05, 4.69) is 21.4 Å². The standard InChI is InChI=1S/C20H18N4O2/c21-10-15-11-22-18(9-14(15)8-13-4-5-13)24-19(26)20(6-7-20)17-3-1-2-16(12-25)23-17/h1-3,9,11-13H,4-8H2,(H,22,24,26). The molecule has 0 radical (unpaired) electrons. The summed E-state index contributed by atoms with van der Waals surface area (Å²) in [6, 6.07) is 9.12. The molecule has 0 aliphatic heterocycles. The Kier molecular flexibility index (Phi) is 4.00. The number of hydrogen-bond donors (Lipinski definition) is 1. The predicted molar refractivity (Wildman–Crippen MR) is 94.5 cm³/mol. The first-order valence-corrected chi connectivity index (χ1v) is 8.78. The Morgan fingerprint density at radius 2 is 2.19 bits per heavy atom. The van der Waals surface area contributed by atoms with Crippen LogP contribution < -0.4 is 5.32 Å². The summed E-state index contributed by atoms with van der Waals surface area (Å²) >= 11 is 0. The van der Waals surface area contributed by atoms with Gasteiger partial charge >= 0.3 is 0 Å². The maximum Gasteiger partial charge on any atom is 0.237 e. The van der Waals surface area contributed by atoms with E-state index in [9.17, 15) is 14.9 Å². The van der Waals surface area contributed by atoms with E-state index in [1.165, 1.54) is 19.0 Å². The molecule has 2 aliphatic carbocycles. The number of nitriles is 1. The number of hydrogen-bond acceptors (Lipinski definition) is 5. The fraction of sp³-hybridized carbons (Fsp3) is 0.350. The van der Waals surface area contributed by atoms with Gasteiger partial charge in [0, 0.05) is 6.20 Å². The van der Waals surface area contributed by atoms with Crippen molar-refractivity contribution >= 4 is 18.0 Å². The predicted octanol–water partition coefficient (Wildman–Crippen LogP) is 2.78. The molecule has 0 aromatic carbocycles. The molecule has 2 aromatic rings.